The van der Waals surface area contributed by atoms with E-state index in [0.717, 1.165) is 5.56 Å². The molecule has 4 rings (SSSR count). The molecule has 2 aliphatic heterocycles. The van der Waals surface area contributed by atoms with Crippen LogP contribution in [0.1, 0.15) is 5.56 Å². The molecule has 0 N–H and O–H groups in total. The van der Waals surface area contributed by atoms with Gasteiger partial charge >= 0.3 is 5.97 Å². The standard InChI is InChI=1S/C22H20N2O4S/c1-28-21(27)22(14-29-13-15-8-4-2-5-9-15)18-17(12-23-22)19(25)24(20(18)26)16-10-6-3-7-11-16/h2-12,17-18H,13-14H2,1H3/t17-,18+,22+/m0/s1. The van der Waals surface area contributed by atoms with Gasteiger partial charge in [0.05, 0.1) is 24.6 Å². The first-order valence-electron chi connectivity index (χ1n) is 9.27. The smallest absolute Gasteiger partial charge is 0.335 e. The lowest BCUT2D eigenvalue weighted by atomic mass is 9.82. The maximum atomic E-state index is 13.3. The largest absolute Gasteiger partial charge is 0.467 e. The topological polar surface area (TPSA) is 76.0 Å². The lowest BCUT2D eigenvalue weighted by molar-refractivity contribution is -0.149. The SMILES string of the molecule is COC(=O)[C@]1(CSCc2ccccc2)N=C[C@@H]2C(=O)N(c3ccccc3)C(=O)[C@@H]21. The number of imide groups is 1. The van der Waals surface area contributed by atoms with E-state index in [1.54, 1.807) is 24.3 Å². The van der Waals surface area contributed by atoms with Crippen LogP contribution in [0.3, 0.4) is 0 Å². The number of rotatable bonds is 6. The predicted molar refractivity (Wildman–Crippen MR) is 112 cm³/mol. The van der Waals surface area contributed by atoms with Gasteiger partial charge in [0, 0.05) is 17.7 Å². The highest BCUT2D eigenvalue weighted by Gasteiger charge is 2.64. The summed E-state index contributed by atoms with van der Waals surface area (Å²) in [6.45, 7) is 0. The maximum absolute atomic E-state index is 13.3. The minimum absolute atomic E-state index is 0.258. The number of nitrogens with zero attached hydrogens (tertiary/aromatic N) is 2. The minimum atomic E-state index is -1.39. The number of hydrogen-bond acceptors (Lipinski definition) is 6. The van der Waals surface area contributed by atoms with E-state index in [-0.39, 0.29) is 11.7 Å². The van der Waals surface area contributed by atoms with Crippen molar-refractivity contribution in [2.45, 2.75) is 11.3 Å². The zero-order chi connectivity index (χ0) is 20.4. The molecule has 148 valence electrons. The van der Waals surface area contributed by atoms with Crippen LogP contribution in [0.2, 0.25) is 0 Å². The summed E-state index contributed by atoms with van der Waals surface area (Å²) in [5.74, 6) is -2.06. The van der Waals surface area contributed by atoms with Crippen LogP contribution in [0, 0.1) is 11.8 Å². The number of carbonyl (C=O) groups excluding carboxylic acids is 3. The average molecular weight is 408 g/mol. The molecule has 1 saturated heterocycles. The fourth-order valence-electron chi connectivity index (χ4n) is 3.91. The van der Waals surface area contributed by atoms with E-state index in [1.165, 1.54) is 30.0 Å². The van der Waals surface area contributed by atoms with Crippen molar-refractivity contribution in [1.29, 1.82) is 0 Å². The van der Waals surface area contributed by atoms with Crippen LogP contribution in [0.15, 0.2) is 65.7 Å². The number of hydrogen-bond donors (Lipinski definition) is 0. The Bertz CT molecular complexity index is 963. The summed E-state index contributed by atoms with van der Waals surface area (Å²) in [7, 11) is 1.28. The molecule has 2 heterocycles. The summed E-state index contributed by atoms with van der Waals surface area (Å²) in [6.07, 6.45) is 1.45. The highest BCUT2D eigenvalue weighted by atomic mass is 32.2. The zero-order valence-electron chi connectivity index (χ0n) is 15.9. The molecule has 3 atom stereocenters. The molecule has 6 nitrogen and oxygen atoms in total. The minimum Gasteiger partial charge on any atom is -0.467 e. The van der Waals surface area contributed by atoms with Gasteiger partial charge in [-0.25, -0.2) is 9.69 Å². The lowest BCUT2D eigenvalue weighted by Gasteiger charge is -2.28. The number of thioether (sulfide) groups is 1. The van der Waals surface area contributed by atoms with E-state index in [2.05, 4.69) is 4.99 Å². The third-order valence-corrected chi connectivity index (χ3v) is 6.50. The summed E-state index contributed by atoms with van der Waals surface area (Å²) in [4.78, 5) is 44.6. The molecule has 7 heteroatoms. The van der Waals surface area contributed by atoms with Gasteiger partial charge in [-0.15, -0.1) is 0 Å². The molecule has 2 amide bonds. The molecule has 0 bridgehead atoms. The monoisotopic (exact) mass is 408 g/mol. The fraction of sp³-hybridized carbons (Fsp3) is 0.273. The first kappa shape index (κ1) is 19.4. The van der Waals surface area contributed by atoms with Crippen molar-refractivity contribution in [3.05, 3.63) is 66.2 Å². The van der Waals surface area contributed by atoms with Gasteiger partial charge in [0.1, 0.15) is 0 Å². The quantitative estimate of drug-likeness (QED) is 0.543. The molecule has 1 fully saturated rings. The Balaban J connectivity index is 1.61. The number of carbonyl (C=O) groups is 3. The van der Waals surface area contributed by atoms with Crippen molar-refractivity contribution in [2.24, 2.45) is 16.8 Å². The molecule has 0 spiro atoms. The van der Waals surface area contributed by atoms with Crippen LogP contribution in [-0.4, -0.2) is 42.4 Å². The maximum Gasteiger partial charge on any atom is 0.335 e. The summed E-state index contributed by atoms with van der Waals surface area (Å²) < 4.78 is 5.02. The molecular formula is C22H20N2O4S. The van der Waals surface area contributed by atoms with E-state index in [0.29, 0.717) is 11.4 Å². The first-order valence-corrected chi connectivity index (χ1v) is 10.4. The Morgan fingerprint density at radius 2 is 1.72 bits per heavy atom. The fourth-order valence-corrected chi connectivity index (χ4v) is 5.12. The van der Waals surface area contributed by atoms with Crippen LogP contribution in [-0.2, 0) is 24.9 Å². The number of ether oxygens (including phenoxy) is 1. The van der Waals surface area contributed by atoms with Crippen LogP contribution in [0.5, 0.6) is 0 Å². The highest BCUT2D eigenvalue weighted by molar-refractivity contribution is 7.98. The van der Waals surface area contributed by atoms with Crippen LogP contribution in [0.25, 0.3) is 0 Å². The van der Waals surface area contributed by atoms with Crippen molar-refractivity contribution in [2.75, 3.05) is 17.8 Å². The normalized spacial score (nSPS) is 25.3. The molecule has 0 radical (unpaired) electrons. The molecule has 2 aromatic rings. The van der Waals surface area contributed by atoms with E-state index in [9.17, 15) is 14.4 Å². The van der Waals surface area contributed by atoms with Crippen molar-refractivity contribution in [3.63, 3.8) is 0 Å². The Hall–Kier alpha value is -2.93. The summed E-state index contributed by atoms with van der Waals surface area (Å²) in [6, 6.07) is 18.6. The Morgan fingerprint density at radius 3 is 2.38 bits per heavy atom. The van der Waals surface area contributed by atoms with E-state index in [1.807, 2.05) is 36.4 Å². The van der Waals surface area contributed by atoms with Crippen LogP contribution < -0.4 is 4.90 Å². The van der Waals surface area contributed by atoms with Gasteiger partial charge in [-0.2, -0.15) is 11.8 Å². The molecule has 0 aliphatic carbocycles. The van der Waals surface area contributed by atoms with E-state index >= 15 is 0 Å². The number of esters is 1. The molecule has 2 aliphatic rings. The number of aliphatic imine (C=N–C) groups is 1. The number of amides is 2. The second-order valence-electron chi connectivity index (χ2n) is 7.02. The molecule has 0 unspecified atom stereocenters. The van der Waals surface area contributed by atoms with E-state index < -0.39 is 29.3 Å². The zero-order valence-corrected chi connectivity index (χ0v) is 16.7. The molecule has 0 aromatic heterocycles. The van der Waals surface area contributed by atoms with Gasteiger partial charge in [-0.1, -0.05) is 48.5 Å². The number of methoxy groups -OCH3 is 1. The predicted octanol–water partition coefficient (Wildman–Crippen LogP) is 2.72. The number of benzene rings is 2. The third-order valence-electron chi connectivity index (χ3n) is 5.32. The molecule has 0 saturated carbocycles. The van der Waals surface area contributed by atoms with Gasteiger partial charge in [-0.05, 0) is 17.7 Å². The molecule has 29 heavy (non-hydrogen) atoms. The third kappa shape index (κ3) is 3.25. The molecular weight excluding hydrogens is 388 g/mol. The second kappa shape index (κ2) is 7.83. The van der Waals surface area contributed by atoms with Gasteiger partial charge < -0.3 is 4.74 Å². The van der Waals surface area contributed by atoms with Gasteiger partial charge in [0.15, 0.2) is 5.54 Å². The lowest BCUT2D eigenvalue weighted by Crippen LogP contribution is -2.49. The summed E-state index contributed by atoms with van der Waals surface area (Å²) in [5, 5.41) is 0. The van der Waals surface area contributed by atoms with Crippen molar-refractivity contribution in [3.8, 4) is 0 Å². The number of anilines is 1. The highest BCUT2D eigenvalue weighted by Crippen LogP contribution is 2.45. The van der Waals surface area contributed by atoms with Gasteiger partial charge in [0.25, 0.3) is 0 Å². The first-order chi connectivity index (χ1) is 14.1. The average Bonchev–Trinajstić information content (AvgIpc) is 3.26. The number of fused-ring (bicyclic) bond motifs is 1. The summed E-state index contributed by atoms with van der Waals surface area (Å²) in [5.41, 5.74) is 0.214. The van der Waals surface area contributed by atoms with Gasteiger partial charge in [-0.3, -0.25) is 14.6 Å². The van der Waals surface area contributed by atoms with Crippen LogP contribution >= 0.6 is 11.8 Å². The van der Waals surface area contributed by atoms with Gasteiger partial charge in [0.2, 0.25) is 11.8 Å². The van der Waals surface area contributed by atoms with Crippen LogP contribution in [0.4, 0.5) is 5.69 Å². The van der Waals surface area contributed by atoms with Crippen molar-refractivity contribution >= 4 is 41.4 Å². The molecule has 2 aromatic carbocycles. The Labute approximate surface area is 173 Å². The Morgan fingerprint density at radius 1 is 1.07 bits per heavy atom. The summed E-state index contributed by atoms with van der Waals surface area (Å²) >= 11 is 1.50. The van der Waals surface area contributed by atoms with Crippen molar-refractivity contribution in [1.82, 2.24) is 0 Å². The van der Waals surface area contributed by atoms with E-state index in [4.69, 9.17) is 4.74 Å². The Kier molecular flexibility index (Phi) is 5.24. The number of para-hydroxylation sites is 1. The second-order valence-corrected chi connectivity index (χ2v) is 8.01. The van der Waals surface area contributed by atoms with Crippen molar-refractivity contribution < 1.29 is 19.1 Å².